The van der Waals surface area contributed by atoms with Gasteiger partial charge in [0.2, 0.25) is 20.0 Å². The van der Waals surface area contributed by atoms with Crippen molar-refractivity contribution in [1.29, 1.82) is 0 Å². The lowest BCUT2D eigenvalue weighted by Crippen LogP contribution is -2.40. The molecule has 10 nitrogen and oxygen atoms in total. The summed E-state index contributed by atoms with van der Waals surface area (Å²) in [4.78, 5) is 12.6. The minimum Gasteiger partial charge on any atom is -0.495 e. The molecule has 0 spiro atoms. The fourth-order valence-electron chi connectivity index (χ4n) is 3.14. The maximum absolute atomic E-state index is 12.7. The van der Waals surface area contributed by atoms with Crippen LogP contribution in [-0.4, -0.2) is 67.5 Å². The number of nitrogens with zero attached hydrogens (tertiary/aromatic N) is 1. The molecule has 0 bridgehead atoms. The highest BCUT2D eigenvalue weighted by atomic mass is 32.2. The third-order valence-electron chi connectivity index (χ3n) is 4.97. The second-order valence-corrected chi connectivity index (χ2v) is 10.7. The lowest BCUT2D eigenvalue weighted by atomic mass is 10.2. The lowest BCUT2D eigenvalue weighted by Gasteiger charge is -2.26. The second kappa shape index (κ2) is 9.96. The number of hydrogen-bond acceptors (Lipinski definition) is 7. The van der Waals surface area contributed by atoms with Gasteiger partial charge in [0, 0.05) is 25.2 Å². The first-order valence-electron chi connectivity index (χ1n) is 9.75. The molecule has 12 heteroatoms. The SMILES string of the molecule is CNS(=O)(=O)c1cc(C(=O)NCc2ccc(S(=O)(=O)N3CCOCC3)cc2)ccc1OC. The number of carbonyl (C=O) groups is 1. The monoisotopic (exact) mass is 483 g/mol. The Hall–Kier alpha value is -2.51. The molecule has 1 aliphatic rings. The van der Waals surface area contributed by atoms with Crippen LogP contribution in [0.1, 0.15) is 15.9 Å². The van der Waals surface area contributed by atoms with E-state index in [1.165, 1.54) is 48.8 Å². The fourth-order valence-corrected chi connectivity index (χ4v) is 5.46. The number of ether oxygens (including phenoxy) is 2. The lowest BCUT2D eigenvalue weighted by molar-refractivity contribution is 0.0730. The van der Waals surface area contributed by atoms with E-state index in [1.54, 1.807) is 12.1 Å². The Morgan fingerprint density at radius 2 is 1.72 bits per heavy atom. The third-order valence-corrected chi connectivity index (χ3v) is 8.32. The van der Waals surface area contributed by atoms with E-state index in [2.05, 4.69) is 10.0 Å². The van der Waals surface area contributed by atoms with Gasteiger partial charge in [-0.2, -0.15) is 4.31 Å². The van der Waals surface area contributed by atoms with E-state index in [9.17, 15) is 21.6 Å². The van der Waals surface area contributed by atoms with Crippen molar-refractivity contribution in [2.24, 2.45) is 0 Å². The summed E-state index contributed by atoms with van der Waals surface area (Å²) < 4.78 is 63.6. The van der Waals surface area contributed by atoms with E-state index < -0.39 is 26.0 Å². The van der Waals surface area contributed by atoms with Crippen LogP contribution in [0.2, 0.25) is 0 Å². The molecule has 2 aromatic rings. The number of morpholine rings is 1. The number of rotatable bonds is 8. The molecule has 0 aromatic heterocycles. The first-order chi connectivity index (χ1) is 15.2. The minimum atomic E-state index is -3.82. The van der Waals surface area contributed by atoms with Gasteiger partial charge >= 0.3 is 0 Å². The summed E-state index contributed by atoms with van der Waals surface area (Å²) in [6.07, 6.45) is 0. The summed E-state index contributed by atoms with van der Waals surface area (Å²) >= 11 is 0. The van der Waals surface area contributed by atoms with E-state index in [0.717, 1.165) is 0 Å². The Morgan fingerprint density at radius 1 is 1.06 bits per heavy atom. The summed E-state index contributed by atoms with van der Waals surface area (Å²) in [5.74, 6) is -0.363. The summed E-state index contributed by atoms with van der Waals surface area (Å²) in [5.41, 5.74) is 0.835. The number of nitrogens with one attached hydrogen (secondary N) is 2. The van der Waals surface area contributed by atoms with Gasteiger partial charge < -0.3 is 14.8 Å². The molecule has 0 unspecified atom stereocenters. The van der Waals surface area contributed by atoms with Crippen LogP contribution in [0.4, 0.5) is 0 Å². The molecule has 0 atom stereocenters. The van der Waals surface area contributed by atoms with E-state index in [-0.39, 0.29) is 27.6 Å². The van der Waals surface area contributed by atoms with Crippen molar-refractivity contribution in [1.82, 2.24) is 14.3 Å². The van der Waals surface area contributed by atoms with E-state index in [1.807, 2.05) is 0 Å². The topological polar surface area (TPSA) is 131 Å². The van der Waals surface area contributed by atoms with Crippen molar-refractivity contribution in [3.63, 3.8) is 0 Å². The molecule has 2 aromatic carbocycles. The smallest absolute Gasteiger partial charge is 0.251 e. The van der Waals surface area contributed by atoms with Crippen LogP contribution in [0, 0.1) is 0 Å². The van der Waals surface area contributed by atoms with Crippen LogP contribution >= 0.6 is 0 Å². The van der Waals surface area contributed by atoms with Gasteiger partial charge in [-0.05, 0) is 42.9 Å². The number of methoxy groups -OCH3 is 1. The molecule has 0 radical (unpaired) electrons. The molecule has 1 amide bonds. The quantitative estimate of drug-likeness (QED) is 0.561. The van der Waals surface area contributed by atoms with Gasteiger partial charge in [-0.3, -0.25) is 4.79 Å². The van der Waals surface area contributed by atoms with Gasteiger partial charge in [0.15, 0.2) is 0 Å². The van der Waals surface area contributed by atoms with Gasteiger partial charge in [0.1, 0.15) is 10.6 Å². The first-order valence-corrected chi connectivity index (χ1v) is 12.7. The maximum atomic E-state index is 12.7. The molecule has 2 N–H and O–H groups in total. The number of amides is 1. The summed E-state index contributed by atoms with van der Waals surface area (Å²) in [6.45, 7) is 1.50. The number of hydrogen-bond donors (Lipinski definition) is 2. The van der Waals surface area contributed by atoms with E-state index in [4.69, 9.17) is 9.47 Å². The highest BCUT2D eigenvalue weighted by Gasteiger charge is 2.26. The molecular formula is C20H25N3O7S2. The standard InChI is InChI=1S/C20H25N3O7S2/c1-21-31(25,26)19-13-16(5-8-18(19)29-2)20(24)22-14-15-3-6-17(7-4-15)32(27,28)23-9-11-30-12-10-23/h3-8,13,21H,9-12,14H2,1-2H3,(H,22,24). The second-order valence-electron chi connectivity index (χ2n) is 6.92. The molecule has 1 heterocycles. The predicted molar refractivity (Wildman–Crippen MR) is 116 cm³/mol. The zero-order valence-electron chi connectivity index (χ0n) is 17.7. The minimum absolute atomic E-state index is 0.118. The Bertz CT molecular complexity index is 1170. The van der Waals surface area contributed by atoms with Crippen molar-refractivity contribution in [2.45, 2.75) is 16.3 Å². The van der Waals surface area contributed by atoms with Gasteiger partial charge in [0.25, 0.3) is 5.91 Å². The van der Waals surface area contributed by atoms with Crippen LogP contribution in [0.5, 0.6) is 5.75 Å². The number of sulfonamides is 2. The molecule has 0 saturated carbocycles. The van der Waals surface area contributed by atoms with Crippen molar-refractivity contribution in [3.05, 3.63) is 53.6 Å². The van der Waals surface area contributed by atoms with E-state index >= 15 is 0 Å². The Morgan fingerprint density at radius 3 is 2.31 bits per heavy atom. The van der Waals surface area contributed by atoms with Crippen molar-refractivity contribution >= 4 is 26.0 Å². The molecule has 1 aliphatic heterocycles. The molecule has 1 fully saturated rings. The van der Waals surface area contributed by atoms with Crippen LogP contribution in [0.15, 0.2) is 52.3 Å². The first kappa shape index (κ1) is 24.1. The van der Waals surface area contributed by atoms with Gasteiger partial charge in [-0.25, -0.2) is 21.6 Å². The van der Waals surface area contributed by atoms with Crippen LogP contribution in [0.25, 0.3) is 0 Å². The normalized spacial score (nSPS) is 15.3. The summed E-state index contributed by atoms with van der Waals surface area (Å²) in [6, 6.07) is 10.3. The predicted octanol–water partition coefficient (Wildman–Crippen LogP) is 0.554. The fraction of sp³-hybridized carbons (Fsp3) is 0.350. The molecular weight excluding hydrogens is 458 g/mol. The van der Waals surface area contributed by atoms with Gasteiger partial charge in [-0.1, -0.05) is 12.1 Å². The molecule has 1 saturated heterocycles. The highest BCUT2D eigenvalue weighted by Crippen LogP contribution is 2.24. The van der Waals surface area contributed by atoms with E-state index in [0.29, 0.717) is 31.9 Å². The Labute approximate surface area is 187 Å². The number of benzene rings is 2. The summed E-state index contributed by atoms with van der Waals surface area (Å²) in [7, 11) is -4.80. The average molecular weight is 484 g/mol. The Kier molecular flexibility index (Phi) is 7.51. The zero-order valence-corrected chi connectivity index (χ0v) is 19.3. The number of carbonyl (C=O) groups excluding carboxylic acids is 1. The maximum Gasteiger partial charge on any atom is 0.251 e. The molecule has 0 aliphatic carbocycles. The summed E-state index contributed by atoms with van der Waals surface area (Å²) in [5, 5.41) is 2.70. The van der Waals surface area contributed by atoms with Crippen LogP contribution in [-0.2, 0) is 31.3 Å². The molecule has 32 heavy (non-hydrogen) atoms. The molecule has 3 rings (SSSR count). The van der Waals surface area contributed by atoms with Crippen molar-refractivity contribution in [2.75, 3.05) is 40.5 Å². The van der Waals surface area contributed by atoms with Crippen LogP contribution in [0.3, 0.4) is 0 Å². The highest BCUT2D eigenvalue weighted by molar-refractivity contribution is 7.89. The third kappa shape index (κ3) is 5.27. The van der Waals surface area contributed by atoms with Crippen molar-refractivity contribution < 1.29 is 31.1 Å². The van der Waals surface area contributed by atoms with Crippen LogP contribution < -0.4 is 14.8 Å². The molecule has 174 valence electrons. The average Bonchev–Trinajstić information content (AvgIpc) is 2.82. The zero-order chi connectivity index (χ0) is 23.4. The Balaban J connectivity index is 1.69. The van der Waals surface area contributed by atoms with Gasteiger partial charge in [-0.15, -0.1) is 0 Å². The van der Waals surface area contributed by atoms with Crippen molar-refractivity contribution in [3.8, 4) is 5.75 Å². The largest absolute Gasteiger partial charge is 0.495 e. The van der Waals surface area contributed by atoms with Gasteiger partial charge in [0.05, 0.1) is 25.2 Å².